The molecule has 0 aliphatic heterocycles. The van der Waals surface area contributed by atoms with Crippen molar-refractivity contribution in [2.45, 2.75) is 25.8 Å². The van der Waals surface area contributed by atoms with Crippen LogP contribution in [0.3, 0.4) is 0 Å². The van der Waals surface area contributed by atoms with E-state index in [2.05, 4.69) is 15.3 Å². The van der Waals surface area contributed by atoms with E-state index in [1.165, 1.54) is 0 Å². The fraction of sp³-hybridized carbons (Fsp3) is 0.444. The molecule has 9 nitrogen and oxygen atoms in total. The average molecular weight is 254 g/mol. The number of carbonyl (C=O) groups excluding carboxylic acids is 1. The van der Waals surface area contributed by atoms with Gasteiger partial charge < -0.3 is 16.8 Å². The normalized spacial score (nSPS) is 11.0. The third-order valence-corrected chi connectivity index (χ3v) is 2.11. The Hall–Kier alpha value is -2.45. The molecule has 0 spiro atoms. The van der Waals surface area contributed by atoms with E-state index in [0.717, 1.165) is 6.33 Å². The number of nitrogens with two attached hydrogens (primary N) is 2. The maximum absolute atomic E-state index is 10.9. The van der Waals surface area contributed by atoms with E-state index in [4.69, 9.17) is 11.5 Å². The van der Waals surface area contributed by atoms with Gasteiger partial charge >= 0.3 is 5.69 Å². The van der Waals surface area contributed by atoms with Crippen LogP contribution in [0.25, 0.3) is 0 Å². The van der Waals surface area contributed by atoms with Gasteiger partial charge in [-0.1, -0.05) is 0 Å². The molecule has 0 saturated heterocycles. The van der Waals surface area contributed by atoms with E-state index in [0.29, 0.717) is 0 Å². The highest BCUT2D eigenvalue weighted by Crippen LogP contribution is 2.29. The minimum absolute atomic E-state index is 0.00589. The number of carbonyl (C=O) groups is 1. The van der Waals surface area contributed by atoms with Gasteiger partial charge in [-0.15, -0.1) is 0 Å². The van der Waals surface area contributed by atoms with E-state index in [1.807, 2.05) is 0 Å². The van der Waals surface area contributed by atoms with Crippen LogP contribution < -0.4 is 16.8 Å². The summed E-state index contributed by atoms with van der Waals surface area (Å²) < 4.78 is 0. The molecule has 98 valence electrons. The van der Waals surface area contributed by atoms with E-state index < -0.39 is 22.1 Å². The number of hydrogen-bond acceptors (Lipinski definition) is 7. The number of primary amides is 1. The molecule has 18 heavy (non-hydrogen) atoms. The second kappa shape index (κ2) is 4.82. The number of nitrogens with zero attached hydrogens (tertiary/aromatic N) is 3. The van der Waals surface area contributed by atoms with Gasteiger partial charge in [0, 0.05) is 12.0 Å². The van der Waals surface area contributed by atoms with Gasteiger partial charge in [-0.05, 0) is 13.8 Å². The zero-order valence-electron chi connectivity index (χ0n) is 10.0. The zero-order chi connectivity index (χ0) is 13.9. The number of nitrogens with one attached hydrogen (secondary N) is 1. The molecule has 1 aromatic heterocycles. The van der Waals surface area contributed by atoms with Gasteiger partial charge in [0.1, 0.15) is 6.33 Å². The van der Waals surface area contributed by atoms with E-state index >= 15 is 0 Å². The highest BCUT2D eigenvalue weighted by molar-refractivity contribution is 5.76. The van der Waals surface area contributed by atoms with Crippen molar-refractivity contribution in [1.29, 1.82) is 0 Å². The molecule has 0 radical (unpaired) electrons. The number of aromatic nitrogens is 2. The third-order valence-electron chi connectivity index (χ3n) is 2.11. The van der Waals surface area contributed by atoms with Crippen LogP contribution in [-0.4, -0.2) is 26.3 Å². The van der Waals surface area contributed by atoms with E-state index in [1.54, 1.807) is 13.8 Å². The summed E-state index contributed by atoms with van der Waals surface area (Å²) in [6.45, 7) is 3.33. The second-order valence-corrected chi connectivity index (χ2v) is 4.37. The molecule has 0 saturated carbocycles. The Balaban J connectivity index is 3.08. The topological polar surface area (TPSA) is 150 Å². The first-order valence-electron chi connectivity index (χ1n) is 5.04. The van der Waals surface area contributed by atoms with Crippen molar-refractivity contribution in [1.82, 2.24) is 9.97 Å². The number of nitro groups is 1. The smallest absolute Gasteiger partial charge is 0.353 e. The van der Waals surface area contributed by atoms with Crippen LogP contribution >= 0.6 is 0 Å². The quantitative estimate of drug-likeness (QED) is 0.495. The minimum atomic E-state index is -0.780. The summed E-state index contributed by atoms with van der Waals surface area (Å²) in [6, 6.07) is 0. The Morgan fingerprint density at radius 2 is 2.17 bits per heavy atom. The molecule has 1 rings (SSSR count). The molecule has 0 atom stereocenters. The summed E-state index contributed by atoms with van der Waals surface area (Å²) in [6.07, 6.45) is 1.10. The molecule has 0 fully saturated rings. The van der Waals surface area contributed by atoms with Crippen molar-refractivity contribution in [3.05, 3.63) is 16.4 Å². The summed E-state index contributed by atoms with van der Waals surface area (Å²) in [5, 5.41) is 13.6. The summed E-state index contributed by atoms with van der Waals surface area (Å²) in [4.78, 5) is 28.4. The Bertz CT molecular complexity index is 487. The van der Waals surface area contributed by atoms with Gasteiger partial charge in [-0.2, -0.15) is 0 Å². The predicted octanol–water partition coefficient (Wildman–Crippen LogP) is 0.0329. The maximum Gasteiger partial charge on any atom is 0.353 e. The Morgan fingerprint density at radius 1 is 1.56 bits per heavy atom. The first kappa shape index (κ1) is 13.6. The van der Waals surface area contributed by atoms with Gasteiger partial charge in [-0.3, -0.25) is 14.9 Å². The molecule has 5 N–H and O–H groups in total. The zero-order valence-corrected chi connectivity index (χ0v) is 10.0. The molecular weight excluding hydrogens is 240 g/mol. The summed E-state index contributed by atoms with van der Waals surface area (Å²) in [5.74, 6) is -0.816. The molecular formula is C9H14N6O3. The molecule has 0 aliphatic rings. The van der Waals surface area contributed by atoms with Crippen LogP contribution in [0, 0.1) is 10.1 Å². The Morgan fingerprint density at radius 3 is 2.67 bits per heavy atom. The first-order chi connectivity index (χ1) is 8.23. The number of rotatable bonds is 5. The fourth-order valence-corrected chi connectivity index (χ4v) is 1.46. The molecule has 1 aromatic rings. The van der Waals surface area contributed by atoms with Crippen LogP contribution in [0.15, 0.2) is 6.33 Å². The van der Waals surface area contributed by atoms with Gasteiger partial charge in [0.25, 0.3) is 0 Å². The standard InChI is InChI=1S/C9H14N6O3/c1-9(2,3-5(10)16)14-8-6(15(17)18)7(11)12-4-13-8/h4H,3H2,1-2H3,(H2,10,16)(H3,11,12,13,14). The van der Waals surface area contributed by atoms with Crippen molar-refractivity contribution < 1.29 is 9.72 Å². The lowest BCUT2D eigenvalue weighted by Gasteiger charge is -2.25. The van der Waals surface area contributed by atoms with Crippen molar-refractivity contribution in [3.8, 4) is 0 Å². The van der Waals surface area contributed by atoms with Crippen molar-refractivity contribution >= 4 is 23.2 Å². The number of nitrogen functional groups attached to an aromatic ring is 1. The first-order valence-corrected chi connectivity index (χ1v) is 5.04. The van der Waals surface area contributed by atoms with Gasteiger partial charge in [0.05, 0.1) is 4.92 Å². The van der Waals surface area contributed by atoms with Crippen LogP contribution in [0.1, 0.15) is 20.3 Å². The SMILES string of the molecule is CC(C)(CC(N)=O)Nc1ncnc(N)c1[N+](=O)[O-]. The lowest BCUT2D eigenvalue weighted by atomic mass is 10.0. The van der Waals surface area contributed by atoms with Crippen molar-refractivity contribution in [2.75, 3.05) is 11.1 Å². The van der Waals surface area contributed by atoms with Gasteiger partial charge in [-0.25, -0.2) is 9.97 Å². The van der Waals surface area contributed by atoms with Gasteiger partial charge in [0.15, 0.2) is 0 Å². The van der Waals surface area contributed by atoms with E-state index in [-0.39, 0.29) is 18.1 Å². The van der Waals surface area contributed by atoms with E-state index in [9.17, 15) is 14.9 Å². The Kier molecular flexibility index (Phi) is 3.64. The molecule has 1 heterocycles. The highest BCUT2D eigenvalue weighted by Gasteiger charge is 2.27. The lowest BCUT2D eigenvalue weighted by molar-refractivity contribution is -0.383. The van der Waals surface area contributed by atoms with Crippen LogP contribution in [0.2, 0.25) is 0 Å². The van der Waals surface area contributed by atoms with Crippen molar-refractivity contribution in [3.63, 3.8) is 0 Å². The maximum atomic E-state index is 10.9. The molecule has 0 aliphatic carbocycles. The van der Waals surface area contributed by atoms with Crippen molar-refractivity contribution in [2.24, 2.45) is 5.73 Å². The average Bonchev–Trinajstić information content (AvgIpc) is 2.13. The summed E-state index contributed by atoms with van der Waals surface area (Å²) in [7, 11) is 0. The molecule has 9 heteroatoms. The third kappa shape index (κ3) is 3.27. The predicted molar refractivity (Wildman–Crippen MR) is 64.6 cm³/mol. The van der Waals surface area contributed by atoms with Gasteiger partial charge in [0.2, 0.25) is 17.5 Å². The monoisotopic (exact) mass is 254 g/mol. The Labute approximate surface area is 103 Å². The highest BCUT2D eigenvalue weighted by atomic mass is 16.6. The number of anilines is 2. The second-order valence-electron chi connectivity index (χ2n) is 4.37. The largest absolute Gasteiger partial charge is 0.378 e. The molecule has 0 unspecified atom stereocenters. The van der Waals surface area contributed by atoms with Crippen LogP contribution in [0.4, 0.5) is 17.3 Å². The molecule has 0 aromatic carbocycles. The molecule has 0 bridgehead atoms. The number of amides is 1. The summed E-state index contributed by atoms with van der Waals surface area (Å²) in [5.41, 5.74) is 9.31. The fourth-order valence-electron chi connectivity index (χ4n) is 1.46. The lowest BCUT2D eigenvalue weighted by Crippen LogP contribution is -2.36. The summed E-state index contributed by atoms with van der Waals surface area (Å²) >= 11 is 0. The van der Waals surface area contributed by atoms with Crippen LogP contribution in [-0.2, 0) is 4.79 Å². The number of hydrogen-bond donors (Lipinski definition) is 3. The minimum Gasteiger partial charge on any atom is -0.378 e. The molecule has 1 amide bonds. The van der Waals surface area contributed by atoms with Crippen LogP contribution in [0.5, 0.6) is 0 Å².